The van der Waals surface area contributed by atoms with E-state index < -0.39 is 18.2 Å². The smallest absolute Gasteiger partial charge is 0.336 e. The van der Waals surface area contributed by atoms with E-state index in [9.17, 15) is 15.2 Å². The van der Waals surface area contributed by atoms with Crippen molar-refractivity contribution >= 4 is 5.97 Å². The maximum absolute atomic E-state index is 11.3. The van der Waals surface area contributed by atoms with Gasteiger partial charge in [0.1, 0.15) is 24.7 Å². The summed E-state index contributed by atoms with van der Waals surface area (Å²) in [4.78, 5) is 15.8. The fourth-order valence-electron chi connectivity index (χ4n) is 3.50. The van der Waals surface area contributed by atoms with Gasteiger partial charge in [0.15, 0.2) is 6.10 Å². The minimum atomic E-state index is -1.07. The van der Waals surface area contributed by atoms with Crippen molar-refractivity contribution in [3.63, 3.8) is 0 Å². The summed E-state index contributed by atoms with van der Waals surface area (Å²) in [6, 6.07) is 12.6. The largest absolute Gasteiger partial charge is 0.490 e. The minimum absolute atomic E-state index is 0.0547. The molecule has 1 saturated heterocycles. The van der Waals surface area contributed by atoms with Gasteiger partial charge in [0.2, 0.25) is 5.82 Å². The molecule has 0 bridgehead atoms. The number of hydrogen-bond donors (Lipinski definition) is 1. The van der Waals surface area contributed by atoms with Crippen LogP contribution in [0.1, 0.15) is 36.6 Å². The van der Waals surface area contributed by atoms with Gasteiger partial charge in [0.25, 0.3) is 5.89 Å². The second-order valence-corrected chi connectivity index (χ2v) is 7.62. The fraction of sp³-hybridized carbons (Fsp3) is 0.304. The van der Waals surface area contributed by atoms with Gasteiger partial charge in [0.05, 0.1) is 11.7 Å². The Kier molecular flexibility index (Phi) is 5.90. The Balaban J connectivity index is 1.60. The molecule has 32 heavy (non-hydrogen) atoms. The number of aryl methyl sites for hydroxylation is 1. The number of ether oxygens (including phenoxy) is 3. The predicted molar refractivity (Wildman–Crippen MR) is 112 cm³/mol. The van der Waals surface area contributed by atoms with Crippen LogP contribution < -0.4 is 4.74 Å². The van der Waals surface area contributed by atoms with Crippen molar-refractivity contribution in [3.8, 4) is 34.7 Å². The number of nitrogens with zero attached hydrogens (tertiary/aromatic N) is 3. The number of nitriles is 1. The van der Waals surface area contributed by atoms with Gasteiger partial charge in [-0.05, 0) is 50.1 Å². The quantitative estimate of drug-likeness (QED) is 0.613. The lowest BCUT2D eigenvalue weighted by molar-refractivity contribution is -0.148. The summed E-state index contributed by atoms with van der Waals surface area (Å²) in [5, 5.41) is 22.8. The summed E-state index contributed by atoms with van der Waals surface area (Å²) in [6.07, 6.45) is -1.79. The molecule has 9 nitrogen and oxygen atoms in total. The standard InChI is InChI=1S/C23H21N3O6/c1-12(2)31-18-7-5-15(9-16(18)10-24)22-25-21(26-32-22)17-6-4-14(8-13(17)3)19-20(23(27)28)30-11-29-19/h4-9,12,19-20H,11H2,1-3H3,(H,27,28)/t19-,20-/m0/s1. The third-order valence-electron chi connectivity index (χ3n) is 4.97. The Morgan fingerprint density at radius 1 is 1.25 bits per heavy atom. The zero-order valence-corrected chi connectivity index (χ0v) is 17.7. The van der Waals surface area contributed by atoms with Crippen LogP contribution in [0.4, 0.5) is 0 Å². The highest BCUT2D eigenvalue weighted by Crippen LogP contribution is 2.33. The van der Waals surface area contributed by atoms with Gasteiger partial charge >= 0.3 is 5.97 Å². The molecule has 1 aliphatic rings. The van der Waals surface area contributed by atoms with Crippen LogP contribution >= 0.6 is 0 Å². The highest BCUT2D eigenvalue weighted by atomic mass is 16.7. The molecular formula is C23H21N3O6. The lowest BCUT2D eigenvalue weighted by atomic mass is 9.98. The van der Waals surface area contributed by atoms with Crippen LogP contribution in [0.2, 0.25) is 0 Å². The normalized spacial score (nSPS) is 18.0. The number of benzene rings is 2. The van der Waals surface area contributed by atoms with Gasteiger partial charge in [-0.2, -0.15) is 10.2 Å². The number of rotatable bonds is 6. The molecule has 2 aromatic carbocycles. The van der Waals surface area contributed by atoms with Crippen molar-refractivity contribution in [3.05, 3.63) is 53.1 Å². The Hall–Kier alpha value is -3.74. The van der Waals surface area contributed by atoms with Crippen LogP contribution in [0.15, 0.2) is 40.9 Å². The lowest BCUT2D eigenvalue weighted by Gasteiger charge is -2.15. The average Bonchev–Trinajstić information content (AvgIpc) is 3.43. The molecule has 2 atom stereocenters. The number of aliphatic carboxylic acids is 1. The van der Waals surface area contributed by atoms with Crippen molar-refractivity contribution in [1.29, 1.82) is 5.26 Å². The van der Waals surface area contributed by atoms with Crippen LogP contribution in [-0.2, 0) is 14.3 Å². The number of carboxylic acids is 1. The van der Waals surface area contributed by atoms with Crippen LogP contribution in [0.25, 0.3) is 22.8 Å². The molecule has 0 radical (unpaired) electrons. The first-order valence-electron chi connectivity index (χ1n) is 9.99. The third-order valence-corrected chi connectivity index (χ3v) is 4.97. The zero-order valence-electron chi connectivity index (χ0n) is 17.7. The molecule has 0 aliphatic carbocycles. The SMILES string of the molecule is Cc1cc([C@@H]2OCO[C@@H]2C(=O)O)ccc1-c1noc(-c2ccc(OC(C)C)c(C#N)c2)n1. The van der Waals surface area contributed by atoms with Gasteiger partial charge in [-0.3, -0.25) is 0 Å². The maximum Gasteiger partial charge on any atom is 0.336 e. The van der Waals surface area contributed by atoms with Gasteiger partial charge < -0.3 is 23.8 Å². The van der Waals surface area contributed by atoms with Crippen LogP contribution in [0, 0.1) is 18.3 Å². The lowest BCUT2D eigenvalue weighted by Crippen LogP contribution is -2.25. The van der Waals surface area contributed by atoms with E-state index in [1.807, 2.05) is 26.8 Å². The first-order chi connectivity index (χ1) is 15.4. The Morgan fingerprint density at radius 2 is 2.06 bits per heavy atom. The molecule has 4 rings (SSSR count). The molecule has 1 N–H and O–H groups in total. The van der Waals surface area contributed by atoms with E-state index in [4.69, 9.17) is 18.7 Å². The summed E-state index contributed by atoms with van der Waals surface area (Å²) in [5.41, 5.74) is 3.23. The molecule has 9 heteroatoms. The molecule has 2 heterocycles. The molecular weight excluding hydrogens is 414 g/mol. The highest BCUT2D eigenvalue weighted by Gasteiger charge is 2.36. The first kappa shape index (κ1) is 21.5. The van der Waals surface area contributed by atoms with E-state index in [2.05, 4.69) is 16.2 Å². The minimum Gasteiger partial charge on any atom is -0.490 e. The summed E-state index contributed by atoms with van der Waals surface area (Å²) in [5.74, 6) is 0.0757. The van der Waals surface area contributed by atoms with Crippen LogP contribution in [0.5, 0.6) is 5.75 Å². The summed E-state index contributed by atoms with van der Waals surface area (Å²) < 4.78 is 21.7. The maximum atomic E-state index is 11.3. The van der Waals surface area contributed by atoms with E-state index in [1.54, 1.807) is 30.3 Å². The van der Waals surface area contributed by atoms with Crippen molar-refractivity contribution in [2.24, 2.45) is 0 Å². The molecule has 1 fully saturated rings. The number of carboxylic acid groups (broad SMARTS) is 1. The van der Waals surface area contributed by atoms with E-state index in [0.717, 1.165) is 11.1 Å². The Labute approximate surface area is 184 Å². The molecule has 1 aromatic heterocycles. The number of carbonyl (C=O) groups is 1. The highest BCUT2D eigenvalue weighted by molar-refractivity contribution is 5.74. The second-order valence-electron chi connectivity index (χ2n) is 7.62. The molecule has 1 aliphatic heterocycles. The Morgan fingerprint density at radius 3 is 2.75 bits per heavy atom. The molecule has 3 aromatic rings. The van der Waals surface area contributed by atoms with E-state index in [0.29, 0.717) is 28.3 Å². The van der Waals surface area contributed by atoms with Gasteiger partial charge in [-0.1, -0.05) is 23.4 Å². The van der Waals surface area contributed by atoms with Crippen LogP contribution in [0.3, 0.4) is 0 Å². The zero-order chi connectivity index (χ0) is 22.8. The summed E-state index contributed by atoms with van der Waals surface area (Å²) >= 11 is 0. The number of hydrogen-bond acceptors (Lipinski definition) is 8. The molecule has 164 valence electrons. The topological polar surface area (TPSA) is 128 Å². The summed E-state index contributed by atoms with van der Waals surface area (Å²) in [6.45, 7) is 5.58. The third kappa shape index (κ3) is 4.19. The van der Waals surface area contributed by atoms with E-state index >= 15 is 0 Å². The molecule has 0 amide bonds. The monoisotopic (exact) mass is 435 g/mol. The van der Waals surface area contributed by atoms with Crippen LogP contribution in [-0.4, -0.2) is 40.2 Å². The first-order valence-corrected chi connectivity index (χ1v) is 9.99. The van der Waals surface area contributed by atoms with Crippen molar-refractivity contribution in [2.75, 3.05) is 6.79 Å². The molecule has 0 unspecified atom stereocenters. The van der Waals surface area contributed by atoms with Gasteiger partial charge in [-0.15, -0.1) is 0 Å². The van der Waals surface area contributed by atoms with E-state index in [-0.39, 0.29) is 18.8 Å². The average molecular weight is 435 g/mol. The van der Waals surface area contributed by atoms with Gasteiger partial charge in [0, 0.05) is 11.1 Å². The molecule has 0 spiro atoms. The van der Waals surface area contributed by atoms with Crippen molar-refractivity contribution < 1.29 is 28.6 Å². The number of aromatic nitrogens is 2. The Bertz CT molecular complexity index is 1200. The second kappa shape index (κ2) is 8.78. The fourth-order valence-corrected chi connectivity index (χ4v) is 3.50. The predicted octanol–water partition coefficient (Wildman–Crippen LogP) is 3.87. The van der Waals surface area contributed by atoms with Crippen molar-refractivity contribution in [1.82, 2.24) is 10.1 Å². The van der Waals surface area contributed by atoms with Gasteiger partial charge in [-0.25, -0.2) is 4.79 Å². The van der Waals surface area contributed by atoms with E-state index in [1.165, 1.54) is 0 Å². The van der Waals surface area contributed by atoms with Crippen molar-refractivity contribution in [2.45, 2.75) is 39.1 Å². The molecule has 0 saturated carbocycles. The summed E-state index contributed by atoms with van der Waals surface area (Å²) in [7, 11) is 0.